The van der Waals surface area contributed by atoms with Crippen LogP contribution >= 0.6 is 0 Å². The van der Waals surface area contributed by atoms with E-state index in [-0.39, 0.29) is 34.0 Å². The fourth-order valence-corrected chi connectivity index (χ4v) is 3.77. The first-order valence-electron chi connectivity index (χ1n) is 4.99. The zero-order valence-corrected chi connectivity index (χ0v) is 15.0. The molecule has 0 nitrogen and oxygen atoms in total. The van der Waals surface area contributed by atoms with Gasteiger partial charge in [-0.25, -0.2) is 0 Å². The van der Waals surface area contributed by atoms with Crippen LogP contribution in [0.1, 0.15) is 38.5 Å². The van der Waals surface area contributed by atoms with Crippen LogP contribution in [-0.2, 0) is 24.4 Å². The van der Waals surface area contributed by atoms with Crippen molar-refractivity contribution in [2.24, 2.45) is 5.92 Å². The minimum atomic E-state index is 0. The van der Waals surface area contributed by atoms with Gasteiger partial charge in [-0.15, -0.1) is 0 Å². The second-order valence-electron chi connectivity index (χ2n) is 3.88. The van der Waals surface area contributed by atoms with E-state index in [0.29, 0.717) is 0 Å². The monoisotopic (exact) mass is 485 g/mol. The van der Waals surface area contributed by atoms with Crippen LogP contribution < -0.4 is 34.0 Å². The van der Waals surface area contributed by atoms with Crippen molar-refractivity contribution < 1.29 is 58.3 Å². The van der Waals surface area contributed by atoms with E-state index in [0.717, 1.165) is 5.92 Å². The first-order valence-corrected chi connectivity index (χ1v) is 6.79. The van der Waals surface area contributed by atoms with Crippen molar-refractivity contribution in [3.63, 3.8) is 0 Å². The van der Waals surface area contributed by atoms with Crippen molar-refractivity contribution in [1.29, 1.82) is 0 Å². The van der Waals surface area contributed by atoms with Crippen LogP contribution in [0.4, 0.5) is 0 Å². The molecule has 2 aliphatic rings. The molecule has 0 aromatic heterocycles. The van der Waals surface area contributed by atoms with Gasteiger partial charge in [-0.3, -0.25) is 0 Å². The fourth-order valence-electron chi connectivity index (χ4n) is 2.32. The molecule has 0 aromatic rings. The third-order valence-corrected chi connectivity index (χ3v) is 4.78. The van der Waals surface area contributed by atoms with Crippen LogP contribution in [0.15, 0.2) is 21.1 Å². The Morgan fingerprint density at radius 1 is 1.07 bits per heavy atom. The van der Waals surface area contributed by atoms with Gasteiger partial charge in [-0.1, -0.05) is 0 Å². The number of allylic oxidation sites excluding steroid dienone is 4. The summed E-state index contributed by atoms with van der Waals surface area (Å²) in [6.07, 6.45) is 13.4. The van der Waals surface area contributed by atoms with Crippen molar-refractivity contribution in [2.75, 3.05) is 0 Å². The maximum absolute atomic E-state index is 2.40. The molecule has 0 aromatic carbocycles. The molecule has 0 unspecified atom stereocenters. The van der Waals surface area contributed by atoms with Gasteiger partial charge in [0, 0.05) is 0 Å². The van der Waals surface area contributed by atoms with E-state index >= 15 is 0 Å². The molecule has 0 saturated heterocycles. The molecule has 0 radical (unpaired) electrons. The van der Waals surface area contributed by atoms with Crippen molar-refractivity contribution in [3.8, 4) is 0 Å². The molecule has 0 N–H and O–H groups in total. The number of hydrogen-bond donors (Lipinski definition) is 0. The van der Waals surface area contributed by atoms with Gasteiger partial charge in [0.2, 0.25) is 0 Å². The van der Waals surface area contributed by atoms with E-state index in [1.807, 2.05) is 0 Å². The van der Waals surface area contributed by atoms with Crippen LogP contribution in [0.3, 0.4) is 0 Å². The predicted octanol–water partition coefficient (Wildman–Crippen LogP) is -2.66. The SMILES string of the molecule is [Br-].[Br-].[Hf+2][C]1=C(C2CCCCC2)C=CC1. The topological polar surface area (TPSA) is 0 Å². The van der Waals surface area contributed by atoms with E-state index in [4.69, 9.17) is 0 Å². The summed E-state index contributed by atoms with van der Waals surface area (Å²) < 4.78 is 1.77. The molecule has 14 heavy (non-hydrogen) atoms. The van der Waals surface area contributed by atoms with Gasteiger partial charge in [-0.05, 0) is 0 Å². The molecule has 0 heterocycles. The Morgan fingerprint density at radius 2 is 1.71 bits per heavy atom. The van der Waals surface area contributed by atoms with Crippen LogP contribution in [-0.4, -0.2) is 0 Å². The summed E-state index contributed by atoms with van der Waals surface area (Å²) in [5.41, 5.74) is 1.74. The van der Waals surface area contributed by atoms with Gasteiger partial charge < -0.3 is 34.0 Å². The zero-order chi connectivity index (χ0) is 8.39. The summed E-state index contributed by atoms with van der Waals surface area (Å²) >= 11 is 1.29. The van der Waals surface area contributed by atoms with E-state index in [1.165, 1.54) is 62.9 Å². The molecule has 0 amide bonds. The summed E-state index contributed by atoms with van der Waals surface area (Å²) in [4.78, 5) is 0. The first-order chi connectivity index (χ1) is 5.88. The Kier molecular flexibility index (Phi) is 8.27. The third kappa shape index (κ3) is 3.71. The van der Waals surface area contributed by atoms with E-state index in [1.54, 1.807) is 8.90 Å². The molecular formula is C11H15Br2Hf. The average molecular weight is 486 g/mol. The van der Waals surface area contributed by atoms with E-state index < -0.39 is 0 Å². The van der Waals surface area contributed by atoms with Crippen molar-refractivity contribution >= 4 is 0 Å². The fraction of sp³-hybridized carbons (Fsp3) is 0.636. The Labute approximate surface area is 123 Å². The molecule has 1 saturated carbocycles. The van der Waals surface area contributed by atoms with Gasteiger partial charge in [-0.2, -0.15) is 0 Å². The number of rotatable bonds is 1. The van der Waals surface area contributed by atoms with Crippen LogP contribution in [0.25, 0.3) is 0 Å². The molecule has 3 heteroatoms. The molecule has 0 atom stereocenters. The Balaban J connectivity index is 0.000000845. The maximum atomic E-state index is 2.40. The summed E-state index contributed by atoms with van der Waals surface area (Å²) in [7, 11) is 0. The average Bonchev–Trinajstić information content (AvgIpc) is 2.53. The van der Waals surface area contributed by atoms with Crippen molar-refractivity contribution in [3.05, 3.63) is 21.1 Å². The van der Waals surface area contributed by atoms with Gasteiger partial charge in [0.25, 0.3) is 0 Å². The van der Waals surface area contributed by atoms with E-state index in [2.05, 4.69) is 12.2 Å². The normalized spacial score (nSPS) is 21.9. The molecule has 0 aliphatic heterocycles. The van der Waals surface area contributed by atoms with Crippen LogP contribution in [0, 0.1) is 5.92 Å². The predicted molar refractivity (Wildman–Crippen MR) is 47.4 cm³/mol. The number of halogens is 2. The van der Waals surface area contributed by atoms with Gasteiger partial charge >= 0.3 is 89.9 Å². The van der Waals surface area contributed by atoms with Crippen molar-refractivity contribution in [1.82, 2.24) is 0 Å². The standard InChI is InChI=1S/C11H15.2BrH.Hf/c1-2-6-10(7-3-1)11-8-4-5-9-11;;;/h4,8,10H,1-3,5-7H2;2*1H;/q;;;+2/p-2. The first kappa shape index (κ1) is 15.3. The third-order valence-electron chi connectivity index (χ3n) is 3.01. The van der Waals surface area contributed by atoms with Gasteiger partial charge in [0.15, 0.2) is 0 Å². The summed E-state index contributed by atoms with van der Waals surface area (Å²) in [5.74, 6) is 0.949. The molecule has 0 bridgehead atoms. The molecule has 77 valence electrons. The zero-order valence-electron chi connectivity index (χ0n) is 8.23. The molecule has 1 fully saturated rings. The second kappa shape index (κ2) is 7.56. The van der Waals surface area contributed by atoms with Gasteiger partial charge in [0.05, 0.1) is 0 Å². The Hall–Kier alpha value is 1.31. The van der Waals surface area contributed by atoms with Crippen LogP contribution in [0.5, 0.6) is 0 Å². The summed E-state index contributed by atoms with van der Waals surface area (Å²) in [6, 6.07) is 0. The molecular weight excluding hydrogens is 470 g/mol. The van der Waals surface area contributed by atoms with E-state index in [9.17, 15) is 0 Å². The quantitative estimate of drug-likeness (QED) is 0.356. The van der Waals surface area contributed by atoms with Crippen molar-refractivity contribution in [2.45, 2.75) is 38.5 Å². The number of hydrogen-bond acceptors (Lipinski definition) is 0. The molecule has 2 aliphatic carbocycles. The molecule has 0 spiro atoms. The molecule has 2 rings (SSSR count). The Bertz CT molecular complexity index is 227. The second-order valence-corrected chi connectivity index (χ2v) is 6.04. The Morgan fingerprint density at radius 3 is 2.21 bits per heavy atom. The minimum absolute atomic E-state index is 0. The summed E-state index contributed by atoms with van der Waals surface area (Å²) in [5, 5.41) is 0. The van der Waals surface area contributed by atoms with Gasteiger partial charge in [0.1, 0.15) is 0 Å². The van der Waals surface area contributed by atoms with Crippen LogP contribution in [0.2, 0.25) is 0 Å². The summed E-state index contributed by atoms with van der Waals surface area (Å²) in [6.45, 7) is 0.